The number of carbonyl (C=O) groups is 1. The fraction of sp³-hybridized carbons (Fsp3) is 0.227. The Kier molecular flexibility index (Phi) is 5.64. The zero-order valence-electron chi connectivity index (χ0n) is 15.1. The molecule has 0 saturated carbocycles. The van der Waals surface area contributed by atoms with Gasteiger partial charge in [0.1, 0.15) is 12.4 Å². The predicted octanol–water partition coefficient (Wildman–Crippen LogP) is 2.87. The average Bonchev–Trinajstić information content (AvgIpc) is 2.60. The second-order valence-corrected chi connectivity index (χ2v) is 6.80. The number of rotatable bonds is 6. The molecule has 3 nitrogen and oxygen atoms in total. The van der Waals surface area contributed by atoms with Crippen LogP contribution in [-0.4, -0.2) is 19.5 Å². The van der Waals surface area contributed by atoms with Gasteiger partial charge in [-0.05, 0) is 35.4 Å². The first kappa shape index (κ1) is 18.1. The summed E-state index contributed by atoms with van der Waals surface area (Å²) in [5, 5.41) is 5.40. The molecule has 3 aromatic carbocycles. The van der Waals surface area contributed by atoms with Crippen LogP contribution in [0.5, 0.6) is 0 Å². The van der Waals surface area contributed by atoms with E-state index in [9.17, 15) is 9.18 Å². The number of hydrogen-bond donors (Lipinski definition) is 2. The van der Waals surface area contributed by atoms with Crippen molar-refractivity contribution in [3.8, 4) is 0 Å². The maximum atomic E-state index is 13.3. The highest BCUT2D eigenvalue weighted by molar-refractivity contribution is 5.87. The quantitative estimate of drug-likeness (QED) is 0.703. The van der Waals surface area contributed by atoms with Gasteiger partial charge in [0.25, 0.3) is 5.91 Å². The zero-order chi connectivity index (χ0) is 18.5. The monoisotopic (exact) mass is 351 g/mol. The van der Waals surface area contributed by atoms with Crippen LogP contribution in [-0.2, 0) is 11.3 Å². The van der Waals surface area contributed by atoms with Crippen molar-refractivity contribution >= 4 is 16.7 Å². The normalized spacial score (nSPS) is 13.3. The molecule has 3 aromatic rings. The third kappa shape index (κ3) is 4.46. The van der Waals surface area contributed by atoms with Crippen molar-refractivity contribution in [3.63, 3.8) is 0 Å². The summed E-state index contributed by atoms with van der Waals surface area (Å²) in [5.41, 5.74) is 2.00. The van der Waals surface area contributed by atoms with E-state index in [1.54, 1.807) is 6.07 Å². The van der Waals surface area contributed by atoms with Gasteiger partial charge in [-0.2, -0.15) is 0 Å². The zero-order valence-corrected chi connectivity index (χ0v) is 15.1. The summed E-state index contributed by atoms with van der Waals surface area (Å²) in [7, 11) is 1.94. The van der Waals surface area contributed by atoms with Crippen LogP contribution in [0.2, 0.25) is 0 Å². The molecule has 0 aliphatic carbocycles. The van der Waals surface area contributed by atoms with Crippen LogP contribution in [0, 0.1) is 5.82 Å². The lowest BCUT2D eigenvalue weighted by Crippen LogP contribution is -3.08. The number of benzene rings is 3. The van der Waals surface area contributed by atoms with Gasteiger partial charge in [0.2, 0.25) is 0 Å². The van der Waals surface area contributed by atoms with E-state index in [2.05, 4.69) is 29.6 Å². The molecular weight excluding hydrogens is 327 g/mol. The van der Waals surface area contributed by atoms with E-state index in [1.807, 2.05) is 38.2 Å². The minimum Gasteiger partial charge on any atom is -0.345 e. The average molecular weight is 351 g/mol. The van der Waals surface area contributed by atoms with Gasteiger partial charge >= 0.3 is 0 Å². The van der Waals surface area contributed by atoms with Crippen molar-refractivity contribution < 1.29 is 14.1 Å². The largest absolute Gasteiger partial charge is 0.345 e. The Balaban J connectivity index is 1.62. The van der Waals surface area contributed by atoms with Gasteiger partial charge in [0, 0.05) is 5.56 Å². The highest BCUT2D eigenvalue weighted by Crippen LogP contribution is 2.23. The van der Waals surface area contributed by atoms with E-state index >= 15 is 0 Å². The highest BCUT2D eigenvalue weighted by Gasteiger charge is 2.15. The summed E-state index contributed by atoms with van der Waals surface area (Å²) in [6, 6.07) is 20.8. The molecule has 0 radical (unpaired) electrons. The molecule has 0 aromatic heterocycles. The Labute approximate surface area is 153 Å². The number of quaternary nitrogens is 1. The number of fused-ring (bicyclic) bond motifs is 1. The minimum absolute atomic E-state index is 0.0145. The molecule has 0 bridgehead atoms. The summed E-state index contributed by atoms with van der Waals surface area (Å²) in [6.07, 6.45) is 0. The maximum Gasteiger partial charge on any atom is 0.275 e. The Morgan fingerprint density at radius 3 is 2.62 bits per heavy atom. The highest BCUT2D eigenvalue weighted by atomic mass is 19.1. The molecular formula is C22H24FN2O+. The first-order valence-corrected chi connectivity index (χ1v) is 8.85. The Hall–Kier alpha value is -2.72. The predicted molar refractivity (Wildman–Crippen MR) is 102 cm³/mol. The molecule has 2 atom stereocenters. The number of halogens is 1. The van der Waals surface area contributed by atoms with Gasteiger partial charge in [-0.15, -0.1) is 0 Å². The van der Waals surface area contributed by atoms with Gasteiger partial charge in [0.05, 0.1) is 13.1 Å². The maximum absolute atomic E-state index is 13.3. The SMILES string of the molecule is C[C@@H](NC(=O)C[NH+](C)Cc1cccc(F)c1)c1cccc2ccccc12. The van der Waals surface area contributed by atoms with Crippen molar-refractivity contribution in [1.82, 2.24) is 5.32 Å². The molecule has 0 aliphatic rings. The van der Waals surface area contributed by atoms with Crippen LogP contribution >= 0.6 is 0 Å². The molecule has 134 valence electrons. The second-order valence-electron chi connectivity index (χ2n) is 6.80. The molecule has 2 N–H and O–H groups in total. The van der Waals surface area contributed by atoms with Crippen LogP contribution in [0.1, 0.15) is 24.1 Å². The van der Waals surface area contributed by atoms with Crippen LogP contribution in [0.4, 0.5) is 4.39 Å². The number of likely N-dealkylation sites (N-methyl/N-ethyl adjacent to an activating group) is 1. The van der Waals surface area contributed by atoms with Crippen LogP contribution < -0.4 is 10.2 Å². The molecule has 0 spiro atoms. The smallest absolute Gasteiger partial charge is 0.275 e. The van der Waals surface area contributed by atoms with Gasteiger partial charge in [-0.25, -0.2) is 4.39 Å². The summed E-state index contributed by atoms with van der Waals surface area (Å²) in [4.78, 5) is 13.4. The molecule has 3 rings (SSSR count). The Bertz CT molecular complexity index is 904. The van der Waals surface area contributed by atoms with E-state index in [0.717, 1.165) is 21.4 Å². The van der Waals surface area contributed by atoms with E-state index in [4.69, 9.17) is 0 Å². The molecule has 0 fully saturated rings. The fourth-order valence-corrected chi connectivity index (χ4v) is 3.33. The third-order valence-electron chi connectivity index (χ3n) is 4.52. The lowest BCUT2D eigenvalue weighted by molar-refractivity contribution is -0.885. The second kappa shape index (κ2) is 8.11. The molecule has 26 heavy (non-hydrogen) atoms. The number of amides is 1. The van der Waals surface area contributed by atoms with Gasteiger partial charge in [-0.1, -0.05) is 54.6 Å². The Morgan fingerprint density at radius 2 is 1.81 bits per heavy atom. The number of carbonyl (C=O) groups excluding carboxylic acids is 1. The topological polar surface area (TPSA) is 33.5 Å². The molecule has 0 aliphatic heterocycles. The number of hydrogen-bond acceptors (Lipinski definition) is 1. The minimum atomic E-state index is -0.246. The van der Waals surface area contributed by atoms with Crippen molar-refractivity contribution in [2.75, 3.05) is 13.6 Å². The molecule has 1 unspecified atom stereocenters. The van der Waals surface area contributed by atoms with E-state index < -0.39 is 0 Å². The van der Waals surface area contributed by atoms with E-state index in [-0.39, 0.29) is 17.8 Å². The summed E-state index contributed by atoms with van der Waals surface area (Å²) < 4.78 is 13.3. The standard InChI is InChI=1S/C22H23FN2O/c1-16(20-12-6-9-18-8-3-4-11-21(18)20)24-22(26)15-25(2)14-17-7-5-10-19(23)13-17/h3-13,16H,14-15H2,1-2H3,(H,24,26)/p+1/t16-/m1/s1. The van der Waals surface area contributed by atoms with E-state index in [0.29, 0.717) is 13.1 Å². The van der Waals surface area contributed by atoms with E-state index in [1.165, 1.54) is 17.5 Å². The van der Waals surface area contributed by atoms with Gasteiger partial charge in [-0.3, -0.25) is 4.79 Å². The molecule has 0 saturated heterocycles. The molecule has 1 amide bonds. The lowest BCUT2D eigenvalue weighted by Gasteiger charge is -2.19. The third-order valence-corrected chi connectivity index (χ3v) is 4.52. The van der Waals surface area contributed by atoms with Gasteiger partial charge < -0.3 is 10.2 Å². The first-order chi connectivity index (χ1) is 12.5. The fourth-order valence-electron chi connectivity index (χ4n) is 3.33. The van der Waals surface area contributed by atoms with Crippen LogP contribution in [0.3, 0.4) is 0 Å². The molecule has 4 heteroatoms. The summed E-state index contributed by atoms with van der Waals surface area (Å²) >= 11 is 0. The van der Waals surface area contributed by atoms with Crippen molar-refractivity contribution in [3.05, 3.63) is 83.7 Å². The van der Waals surface area contributed by atoms with Crippen molar-refractivity contribution in [1.29, 1.82) is 0 Å². The summed E-state index contributed by atoms with van der Waals surface area (Å²) in [6.45, 7) is 2.95. The number of nitrogens with one attached hydrogen (secondary N) is 2. The Morgan fingerprint density at radius 1 is 1.08 bits per heavy atom. The van der Waals surface area contributed by atoms with Gasteiger partial charge in [0.15, 0.2) is 6.54 Å². The summed E-state index contributed by atoms with van der Waals surface area (Å²) in [5.74, 6) is -0.260. The van der Waals surface area contributed by atoms with Crippen molar-refractivity contribution in [2.45, 2.75) is 19.5 Å². The van der Waals surface area contributed by atoms with Crippen molar-refractivity contribution in [2.24, 2.45) is 0 Å². The first-order valence-electron chi connectivity index (χ1n) is 8.85. The van der Waals surface area contributed by atoms with Crippen LogP contribution in [0.25, 0.3) is 10.8 Å². The lowest BCUT2D eigenvalue weighted by atomic mass is 10.00. The molecule has 0 heterocycles. The van der Waals surface area contributed by atoms with Crippen LogP contribution in [0.15, 0.2) is 66.7 Å².